The van der Waals surface area contributed by atoms with Crippen LogP contribution in [-0.4, -0.2) is 34.0 Å². The Morgan fingerprint density at radius 1 is 1.25 bits per heavy atom. The highest BCUT2D eigenvalue weighted by Crippen LogP contribution is 2.35. The molecule has 0 spiro atoms. The summed E-state index contributed by atoms with van der Waals surface area (Å²) in [5.74, 6) is 2.43. The van der Waals surface area contributed by atoms with Crippen molar-refractivity contribution in [3.05, 3.63) is 36.2 Å². The molecular weight excluding hydrogens is 306 g/mol. The zero-order chi connectivity index (χ0) is 16.1. The van der Waals surface area contributed by atoms with Crippen LogP contribution in [0, 0.1) is 5.92 Å². The molecule has 2 fully saturated rings. The molecule has 1 aromatic carbocycles. The highest BCUT2D eigenvalue weighted by Gasteiger charge is 2.37. The number of amides is 1. The van der Waals surface area contributed by atoms with Gasteiger partial charge in [0.15, 0.2) is 5.76 Å². The second-order valence-electron chi connectivity index (χ2n) is 6.75. The first-order valence-electron chi connectivity index (χ1n) is 8.36. The van der Waals surface area contributed by atoms with Gasteiger partial charge in [-0.1, -0.05) is 23.4 Å². The number of carbonyl (C=O) groups is 1. The van der Waals surface area contributed by atoms with Crippen LogP contribution in [-0.2, 0) is 4.79 Å². The van der Waals surface area contributed by atoms with Gasteiger partial charge in [-0.2, -0.15) is 4.98 Å². The molecule has 6 nitrogen and oxygen atoms in total. The lowest BCUT2D eigenvalue weighted by atomic mass is 10.1. The SMILES string of the molecule is O=C1C[C@H](c2nc(-c3cc4ccccc4o3)no2)CN1CC1CC1. The van der Waals surface area contributed by atoms with Gasteiger partial charge in [0.2, 0.25) is 17.6 Å². The van der Waals surface area contributed by atoms with Crippen LogP contribution in [0.3, 0.4) is 0 Å². The Balaban J connectivity index is 1.38. The Morgan fingerprint density at radius 3 is 2.96 bits per heavy atom. The van der Waals surface area contributed by atoms with Gasteiger partial charge in [-0.15, -0.1) is 0 Å². The molecule has 2 aliphatic rings. The predicted octanol–water partition coefficient (Wildman–Crippen LogP) is 3.21. The summed E-state index contributed by atoms with van der Waals surface area (Å²) < 4.78 is 11.2. The molecule has 122 valence electrons. The maximum Gasteiger partial charge on any atom is 0.238 e. The molecule has 1 saturated heterocycles. The molecule has 6 heteroatoms. The van der Waals surface area contributed by atoms with E-state index in [2.05, 4.69) is 10.1 Å². The van der Waals surface area contributed by atoms with Gasteiger partial charge in [-0.25, -0.2) is 0 Å². The smallest absolute Gasteiger partial charge is 0.238 e. The predicted molar refractivity (Wildman–Crippen MR) is 86.2 cm³/mol. The number of aromatic nitrogens is 2. The molecular formula is C18H17N3O3. The average Bonchev–Trinajstić information content (AvgIpc) is 3.01. The Kier molecular flexibility index (Phi) is 2.98. The van der Waals surface area contributed by atoms with Crippen LogP contribution in [0.25, 0.3) is 22.6 Å². The van der Waals surface area contributed by atoms with Crippen molar-refractivity contribution < 1.29 is 13.7 Å². The summed E-state index contributed by atoms with van der Waals surface area (Å²) >= 11 is 0. The molecule has 1 saturated carbocycles. The molecule has 3 aromatic rings. The number of hydrogen-bond donors (Lipinski definition) is 0. The van der Waals surface area contributed by atoms with Crippen LogP contribution in [0.2, 0.25) is 0 Å². The molecule has 1 amide bonds. The molecule has 24 heavy (non-hydrogen) atoms. The standard InChI is InChI=1S/C18H17N3O3/c22-16-8-13(10-21(16)9-11-5-6-11)18-19-17(20-24-18)15-7-12-3-1-2-4-14(12)23-15/h1-4,7,11,13H,5-6,8-10H2/t13-/m0/s1. The summed E-state index contributed by atoms with van der Waals surface area (Å²) in [6, 6.07) is 9.68. The topological polar surface area (TPSA) is 72.4 Å². The molecule has 0 unspecified atom stereocenters. The van der Waals surface area contributed by atoms with Crippen molar-refractivity contribution in [2.75, 3.05) is 13.1 Å². The van der Waals surface area contributed by atoms with Crippen LogP contribution < -0.4 is 0 Å². The van der Waals surface area contributed by atoms with Gasteiger partial charge in [-0.3, -0.25) is 4.79 Å². The number of rotatable bonds is 4. The summed E-state index contributed by atoms with van der Waals surface area (Å²) in [5.41, 5.74) is 0.797. The zero-order valence-electron chi connectivity index (χ0n) is 13.1. The number of fused-ring (bicyclic) bond motifs is 1. The first kappa shape index (κ1) is 13.8. The van der Waals surface area contributed by atoms with Gasteiger partial charge < -0.3 is 13.8 Å². The van der Waals surface area contributed by atoms with E-state index in [1.807, 2.05) is 35.2 Å². The first-order valence-corrected chi connectivity index (χ1v) is 8.36. The summed E-state index contributed by atoms with van der Waals surface area (Å²) in [4.78, 5) is 18.5. The highest BCUT2D eigenvalue weighted by atomic mass is 16.5. The second kappa shape index (κ2) is 5.19. The molecule has 5 rings (SSSR count). The van der Waals surface area contributed by atoms with Gasteiger partial charge in [0.25, 0.3) is 0 Å². The van der Waals surface area contributed by atoms with E-state index in [1.54, 1.807) is 0 Å². The van der Waals surface area contributed by atoms with Crippen molar-refractivity contribution in [2.45, 2.75) is 25.2 Å². The Hall–Kier alpha value is -2.63. The van der Waals surface area contributed by atoms with Crippen molar-refractivity contribution >= 4 is 16.9 Å². The summed E-state index contributed by atoms with van der Waals surface area (Å²) in [7, 11) is 0. The molecule has 2 aromatic heterocycles. The Bertz CT molecular complexity index is 876. The van der Waals surface area contributed by atoms with Crippen LogP contribution in [0.4, 0.5) is 0 Å². The molecule has 0 radical (unpaired) electrons. The van der Waals surface area contributed by atoms with E-state index in [-0.39, 0.29) is 11.8 Å². The number of hydrogen-bond acceptors (Lipinski definition) is 5. The van der Waals surface area contributed by atoms with E-state index in [0.717, 1.165) is 17.5 Å². The quantitative estimate of drug-likeness (QED) is 0.737. The molecule has 3 heterocycles. The maximum atomic E-state index is 12.1. The van der Waals surface area contributed by atoms with Crippen molar-refractivity contribution in [3.63, 3.8) is 0 Å². The maximum absolute atomic E-state index is 12.1. The monoisotopic (exact) mass is 323 g/mol. The third-order valence-corrected chi connectivity index (χ3v) is 4.83. The van der Waals surface area contributed by atoms with E-state index < -0.39 is 0 Å². The first-order chi connectivity index (χ1) is 11.8. The molecule has 0 bridgehead atoms. The summed E-state index contributed by atoms with van der Waals surface area (Å²) in [6.45, 7) is 1.55. The van der Waals surface area contributed by atoms with E-state index in [1.165, 1.54) is 12.8 Å². The van der Waals surface area contributed by atoms with Gasteiger partial charge in [0, 0.05) is 24.9 Å². The van der Waals surface area contributed by atoms with Crippen molar-refractivity contribution in [1.29, 1.82) is 0 Å². The normalized spacial score (nSPS) is 21.1. The summed E-state index contributed by atoms with van der Waals surface area (Å²) in [6.07, 6.45) is 2.94. The fourth-order valence-corrected chi connectivity index (χ4v) is 3.32. The van der Waals surface area contributed by atoms with E-state index in [4.69, 9.17) is 8.94 Å². The van der Waals surface area contributed by atoms with Crippen LogP contribution in [0.15, 0.2) is 39.3 Å². The number of likely N-dealkylation sites (tertiary alicyclic amines) is 1. The minimum Gasteiger partial charge on any atom is -0.453 e. The zero-order valence-corrected chi connectivity index (χ0v) is 13.1. The lowest BCUT2D eigenvalue weighted by Crippen LogP contribution is -2.27. The molecule has 1 atom stereocenters. The number of benzene rings is 1. The Morgan fingerprint density at radius 2 is 2.12 bits per heavy atom. The van der Waals surface area contributed by atoms with Gasteiger partial charge >= 0.3 is 0 Å². The lowest BCUT2D eigenvalue weighted by Gasteiger charge is -2.14. The molecule has 0 N–H and O–H groups in total. The average molecular weight is 323 g/mol. The van der Waals surface area contributed by atoms with E-state index >= 15 is 0 Å². The minimum atomic E-state index is -0.0121. The fraction of sp³-hybridized carbons (Fsp3) is 0.389. The van der Waals surface area contributed by atoms with E-state index in [9.17, 15) is 4.79 Å². The van der Waals surface area contributed by atoms with E-state index in [0.29, 0.717) is 36.4 Å². The third kappa shape index (κ3) is 2.38. The van der Waals surface area contributed by atoms with Crippen molar-refractivity contribution in [2.24, 2.45) is 5.92 Å². The molecule has 1 aliphatic heterocycles. The van der Waals surface area contributed by atoms with Crippen LogP contribution in [0.5, 0.6) is 0 Å². The fourth-order valence-electron chi connectivity index (χ4n) is 3.32. The van der Waals surface area contributed by atoms with Gasteiger partial charge in [-0.05, 0) is 30.9 Å². The number of nitrogens with zero attached hydrogens (tertiary/aromatic N) is 3. The second-order valence-corrected chi connectivity index (χ2v) is 6.75. The lowest BCUT2D eigenvalue weighted by molar-refractivity contribution is -0.127. The number of carbonyl (C=O) groups excluding carboxylic acids is 1. The van der Waals surface area contributed by atoms with Crippen molar-refractivity contribution in [3.8, 4) is 11.6 Å². The summed E-state index contributed by atoms with van der Waals surface area (Å²) in [5, 5.41) is 5.05. The largest absolute Gasteiger partial charge is 0.453 e. The van der Waals surface area contributed by atoms with Gasteiger partial charge in [0.05, 0.1) is 5.92 Å². The van der Waals surface area contributed by atoms with Crippen LogP contribution in [0.1, 0.15) is 31.1 Å². The number of para-hydroxylation sites is 1. The van der Waals surface area contributed by atoms with Crippen molar-refractivity contribution in [1.82, 2.24) is 15.0 Å². The third-order valence-electron chi connectivity index (χ3n) is 4.83. The van der Waals surface area contributed by atoms with Crippen LogP contribution >= 0.6 is 0 Å². The number of furan rings is 1. The molecule has 1 aliphatic carbocycles. The van der Waals surface area contributed by atoms with Gasteiger partial charge in [0.1, 0.15) is 5.58 Å². The minimum absolute atomic E-state index is 0.0121. The Labute approximate surface area is 138 Å². The highest BCUT2D eigenvalue weighted by molar-refractivity contribution is 5.81.